The van der Waals surface area contributed by atoms with E-state index in [2.05, 4.69) is 16.1 Å². The number of benzene rings is 1. The summed E-state index contributed by atoms with van der Waals surface area (Å²) in [5, 5.41) is 16.6. The Kier molecular flexibility index (Phi) is 3.52. The Morgan fingerprint density at radius 1 is 1.25 bits per heavy atom. The molecule has 20 heavy (non-hydrogen) atoms. The van der Waals surface area contributed by atoms with E-state index in [4.69, 9.17) is 0 Å². The lowest BCUT2D eigenvalue weighted by Gasteiger charge is -2.35. The van der Waals surface area contributed by atoms with Gasteiger partial charge in [-0.15, -0.1) is 0 Å². The molecule has 0 saturated carbocycles. The van der Waals surface area contributed by atoms with E-state index < -0.39 is 20.7 Å². The molecule has 1 aliphatic rings. The van der Waals surface area contributed by atoms with Crippen molar-refractivity contribution in [2.24, 2.45) is 0 Å². The lowest BCUT2D eigenvalue weighted by molar-refractivity contribution is -0.385. The number of nitrogens with zero attached hydrogens (tertiary/aromatic N) is 2. The van der Waals surface area contributed by atoms with Gasteiger partial charge in [0.25, 0.3) is 15.7 Å². The maximum absolute atomic E-state index is 12.5. The van der Waals surface area contributed by atoms with Gasteiger partial charge in [-0.3, -0.25) is 20.7 Å². The number of rotatable bonds is 4. The molecule has 1 heterocycles. The summed E-state index contributed by atoms with van der Waals surface area (Å²) in [5.74, 6) is -1.20. The summed E-state index contributed by atoms with van der Waals surface area (Å²) >= 11 is 0. The summed E-state index contributed by atoms with van der Waals surface area (Å²) < 4.78 is 26.0. The van der Waals surface area contributed by atoms with Crippen LogP contribution in [0.15, 0.2) is 23.1 Å². The standard InChI is InChI=1S/C10H15N5O4S/c1-11-10(12-2)8-5-4-7(14(16)17)6-9(8)20(18,19)15(10)13-3/h4-6,11-13H,1-3H3. The molecule has 0 bridgehead atoms. The zero-order valence-corrected chi connectivity index (χ0v) is 12.0. The van der Waals surface area contributed by atoms with E-state index in [1.54, 1.807) is 14.1 Å². The van der Waals surface area contributed by atoms with Gasteiger partial charge in [-0.25, -0.2) is 13.8 Å². The molecule has 9 nitrogen and oxygen atoms in total. The van der Waals surface area contributed by atoms with Gasteiger partial charge in [0.15, 0.2) is 5.79 Å². The number of nitro benzene ring substituents is 1. The fraction of sp³-hybridized carbons (Fsp3) is 0.400. The van der Waals surface area contributed by atoms with E-state index in [0.29, 0.717) is 5.56 Å². The molecule has 3 N–H and O–H groups in total. The van der Waals surface area contributed by atoms with E-state index in [0.717, 1.165) is 10.5 Å². The van der Waals surface area contributed by atoms with Crippen LogP contribution in [0.1, 0.15) is 5.56 Å². The number of sulfonamides is 1. The number of fused-ring (bicyclic) bond motifs is 1. The second-order valence-electron chi connectivity index (χ2n) is 4.14. The number of hydrogen-bond donors (Lipinski definition) is 3. The molecule has 2 rings (SSSR count). The van der Waals surface area contributed by atoms with Crippen LogP contribution < -0.4 is 16.1 Å². The molecule has 1 aromatic rings. The average Bonchev–Trinajstić information content (AvgIpc) is 2.62. The average molecular weight is 301 g/mol. The molecule has 0 fully saturated rings. The van der Waals surface area contributed by atoms with Crippen LogP contribution in [0.2, 0.25) is 0 Å². The van der Waals surface area contributed by atoms with E-state index in [1.165, 1.54) is 19.2 Å². The molecule has 0 unspecified atom stereocenters. The molecular formula is C10H15N5O4S. The zero-order valence-electron chi connectivity index (χ0n) is 11.2. The lowest BCUT2D eigenvalue weighted by Crippen LogP contribution is -2.64. The Balaban J connectivity index is 2.79. The van der Waals surface area contributed by atoms with Crippen molar-refractivity contribution in [2.45, 2.75) is 10.7 Å². The van der Waals surface area contributed by atoms with Crippen molar-refractivity contribution in [1.82, 2.24) is 20.5 Å². The molecule has 1 aliphatic heterocycles. The summed E-state index contributed by atoms with van der Waals surface area (Å²) in [5.41, 5.74) is 2.71. The van der Waals surface area contributed by atoms with Crippen LogP contribution in [0, 0.1) is 10.1 Å². The first-order chi connectivity index (χ1) is 9.35. The Morgan fingerprint density at radius 3 is 2.30 bits per heavy atom. The van der Waals surface area contributed by atoms with Crippen molar-refractivity contribution in [3.8, 4) is 0 Å². The normalized spacial score (nSPS) is 19.8. The fourth-order valence-electron chi connectivity index (χ4n) is 2.41. The first kappa shape index (κ1) is 14.8. The van der Waals surface area contributed by atoms with Gasteiger partial charge in [-0.05, 0) is 27.2 Å². The quantitative estimate of drug-likeness (QED) is 0.382. The molecule has 0 amide bonds. The predicted molar refractivity (Wildman–Crippen MR) is 71.0 cm³/mol. The SMILES string of the molecule is CNN1C(NC)(NC)c2ccc([N+](=O)[O-])cc2S1(=O)=O. The monoisotopic (exact) mass is 301 g/mol. The van der Waals surface area contributed by atoms with Crippen molar-refractivity contribution in [3.05, 3.63) is 33.9 Å². The first-order valence-electron chi connectivity index (χ1n) is 5.74. The van der Waals surface area contributed by atoms with E-state index in [1.807, 2.05) is 0 Å². The van der Waals surface area contributed by atoms with Gasteiger partial charge in [0.1, 0.15) is 0 Å². The number of nitro groups is 1. The summed E-state index contributed by atoms with van der Waals surface area (Å²) in [6.45, 7) is 0. The minimum absolute atomic E-state index is 0.107. The summed E-state index contributed by atoms with van der Waals surface area (Å²) in [4.78, 5) is 10.1. The molecule has 0 saturated heterocycles. The second-order valence-corrected chi connectivity index (χ2v) is 5.90. The molecule has 0 spiro atoms. The number of nitrogens with one attached hydrogen (secondary N) is 3. The van der Waals surface area contributed by atoms with Crippen LogP contribution in [0.3, 0.4) is 0 Å². The van der Waals surface area contributed by atoms with Gasteiger partial charge in [-0.1, -0.05) is 4.41 Å². The van der Waals surface area contributed by atoms with Gasteiger partial charge < -0.3 is 0 Å². The van der Waals surface area contributed by atoms with E-state index in [9.17, 15) is 18.5 Å². The van der Waals surface area contributed by atoms with Gasteiger partial charge in [0.2, 0.25) is 0 Å². The summed E-state index contributed by atoms with van der Waals surface area (Å²) in [7, 11) is 0.748. The third-order valence-corrected chi connectivity index (χ3v) is 5.15. The maximum atomic E-state index is 12.5. The van der Waals surface area contributed by atoms with Crippen molar-refractivity contribution >= 4 is 15.7 Å². The highest BCUT2D eigenvalue weighted by molar-refractivity contribution is 7.89. The Bertz CT molecular complexity index is 656. The van der Waals surface area contributed by atoms with Crippen LogP contribution >= 0.6 is 0 Å². The Hall–Kier alpha value is -1.59. The highest BCUT2D eigenvalue weighted by atomic mass is 32.2. The predicted octanol–water partition coefficient (Wildman–Crippen LogP) is -0.717. The molecule has 0 aliphatic carbocycles. The fourth-order valence-corrected chi connectivity index (χ4v) is 4.25. The zero-order chi connectivity index (χ0) is 15.1. The minimum atomic E-state index is -3.89. The largest absolute Gasteiger partial charge is 0.284 e. The van der Waals surface area contributed by atoms with Crippen LogP contribution in [-0.2, 0) is 15.8 Å². The van der Waals surface area contributed by atoms with Crippen LogP contribution in [-0.4, -0.2) is 38.9 Å². The maximum Gasteiger partial charge on any atom is 0.270 e. The summed E-state index contributed by atoms with van der Waals surface area (Å²) in [6, 6.07) is 3.76. The minimum Gasteiger partial charge on any atom is -0.284 e. The van der Waals surface area contributed by atoms with Crippen molar-refractivity contribution < 1.29 is 13.3 Å². The lowest BCUT2D eigenvalue weighted by atomic mass is 10.1. The molecule has 0 aromatic heterocycles. The van der Waals surface area contributed by atoms with E-state index in [-0.39, 0.29) is 10.6 Å². The van der Waals surface area contributed by atoms with Crippen molar-refractivity contribution in [2.75, 3.05) is 21.1 Å². The highest BCUT2D eigenvalue weighted by Gasteiger charge is 2.53. The van der Waals surface area contributed by atoms with Crippen LogP contribution in [0.4, 0.5) is 5.69 Å². The molecule has 110 valence electrons. The number of hydrazine groups is 1. The van der Waals surface area contributed by atoms with Gasteiger partial charge in [0, 0.05) is 17.7 Å². The molecule has 0 radical (unpaired) electrons. The molecule has 1 aromatic carbocycles. The van der Waals surface area contributed by atoms with Crippen LogP contribution in [0.25, 0.3) is 0 Å². The molecule has 0 atom stereocenters. The topological polar surface area (TPSA) is 117 Å². The van der Waals surface area contributed by atoms with Crippen molar-refractivity contribution in [3.63, 3.8) is 0 Å². The third kappa shape index (κ3) is 1.73. The highest BCUT2D eigenvalue weighted by Crippen LogP contribution is 2.40. The van der Waals surface area contributed by atoms with Gasteiger partial charge in [-0.2, -0.15) is 0 Å². The van der Waals surface area contributed by atoms with Gasteiger partial charge in [0.05, 0.1) is 9.82 Å². The van der Waals surface area contributed by atoms with Crippen LogP contribution in [0.5, 0.6) is 0 Å². The van der Waals surface area contributed by atoms with Crippen molar-refractivity contribution in [1.29, 1.82) is 0 Å². The molecular weight excluding hydrogens is 286 g/mol. The number of non-ortho nitro benzene ring substituents is 1. The smallest absolute Gasteiger partial charge is 0.270 e. The van der Waals surface area contributed by atoms with E-state index >= 15 is 0 Å². The number of hydrogen-bond acceptors (Lipinski definition) is 7. The molecule has 10 heteroatoms. The van der Waals surface area contributed by atoms with Gasteiger partial charge >= 0.3 is 0 Å². The first-order valence-corrected chi connectivity index (χ1v) is 7.18. The Labute approximate surface area is 116 Å². The Morgan fingerprint density at radius 2 is 1.85 bits per heavy atom. The third-order valence-electron chi connectivity index (χ3n) is 3.32. The second kappa shape index (κ2) is 4.75. The summed E-state index contributed by atoms with van der Waals surface area (Å²) in [6.07, 6.45) is 0.